The molecule has 0 unspecified atom stereocenters. The molecule has 11 heavy (non-hydrogen) atoms. The molecule has 0 atom stereocenters. The number of likely N-dealkylation sites (N-methyl/N-ethyl adjacent to an activating group) is 1. The fourth-order valence-corrected chi connectivity index (χ4v) is 1.07. The van der Waals surface area contributed by atoms with Gasteiger partial charge in [-0.05, 0) is 32.8 Å². The number of hydrogen-bond donors (Lipinski definition) is 1. The van der Waals surface area contributed by atoms with E-state index >= 15 is 0 Å². The van der Waals surface area contributed by atoms with Crippen LogP contribution in [0.2, 0.25) is 0 Å². The summed E-state index contributed by atoms with van der Waals surface area (Å²) in [4.78, 5) is 0. The van der Waals surface area contributed by atoms with Gasteiger partial charge in [-0.2, -0.15) is 0 Å². The Bertz CT molecular complexity index is 175. The van der Waals surface area contributed by atoms with Crippen LogP contribution in [0.1, 0.15) is 34.1 Å². The Morgan fingerprint density at radius 2 is 1.91 bits per heavy atom. The number of hydrogen-bond acceptors (Lipinski definition) is 1. The van der Waals surface area contributed by atoms with Crippen molar-refractivity contribution in [3.63, 3.8) is 0 Å². The third-order valence-corrected chi connectivity index (χ3v) is 2.03. The van der Waals surface area contributed by atoms with Crippen LogP contribution in [-0.4, -0.2) is 7.05 Å². The van der Waals surface area contributed by atoms with Crippen LogP contribution >= 0.6 is 0 Å². The Labute approximate surface area is 70.2 Å². The third-order valence-electron chi connectivity index (χ3n) is 2.03. The number of nitrogens with one attached hydrogen (secondary N) is 1. The van der Waals surface area contributed by atoms with Crippen molar-refractivity contribution in [1.29, 1.82) is 0 Å². The second-order valence-corrected chi connectivity index (χ2v) is 2.73. The van der Waals surface area contributed by atoms with Crippen LogP contribution in [0, 0.1) is 0 Å². The normalized spacial score (nSPS) is 14.5. The van der Waals surface area contributed by atoms with Gasteiger partial charge in [-0.1, -0.05) is 18.6 Å². The molecule has 64 valence electrons. The lowest BCUT2D eigenvalue weighted by Crippen LogP contribution is -2.09. The van der Waals surface area contributed by atoms with Crippen molar-refractivity contribution in [3.8, 4) is 0 Å². The molecule has 0 saturated carbocycles. The maximum atomic E-state index is 3.21. The molecule has 0 saturated heterocycles. The highest BCUT2D eigenvalue weighted by molar-refractivity contribution is 5.30. The van der Waals surface area contributed by atoms with Crippen molar-refractivity contribution < 1.29 is 0 Å². The molecule has 0 aromatic rings. The van der Waals surface area contributed by atoms with Crippen LogP contribution in [0.3, 0.4) is 0 Å². The van der Waals surface area contributed by atoms with Crippen molar-refractivity contribution in [3.05, 3.63) is 22.9 Å². The Morgan fingerprint density at radius 1 is 1.36 bits per heavy atom. The highest BCUT2D eigenvalue weighted by Gasteiger charge is 1.98. The highest BCUT2D eigenvalue weighted by Crippen LogP contribution is 2.12. The zero-order valence-corrected chi connectivity index (χ0v) is 8.28. The zero-order chi connectivity index (χ0) is 8.85. The van der Waals surface area contributed by atoms with E-state index < -0.39 is 0 Å². The molecule has 0 aliphatic rings. The highest BCUT2D eigenvalue weighted by atomic mass is 14.8. The molecule has 0 heterocycles. The van der Waals surface area contributed by atoms with Crippen molar-refractivity contribution >= 4 is 0 Å². The first kappa shape index (κ1) is 10.3. The fraction of sp³-hybridized carbons (Fsp3) is 0.600. The van der Waals surface area contributed by atoms with Gasteiger partial charge in [-0.3, -0.25) is 0 Å². The summed E-state index contributed by atoms with van der Waals surface area (Å²) in [6, 6.07) is 0. The number of rotatable bonds is 3. The standard InChI is InChI=1S/C10H19N/c1-6-8(3)10(11-5)9(4)7-2/h6,11H,7H2,1-5H3/b8-6-,10-9+. The van der Waals surface area contributed by atoms with E-state index in [1.54, 1.807) is 0 Å². The third kappa shape index (κ3) is 2.79. The molecule has 0 amide bonds. The maximum Gasteiger partial charge on any atom is 0.0352 e. The Balaban J connectivity index is 4.65. The topological polar surface area (TPSA) is 12.0 Å². The van der Waals surface area contributed by atoms with Gasteiger partial charge in [0, 0.05) is 12.7 Å². The molecule has 0 aliphatic heterocycles. The predicted molar refractivity (Wildman–Crippen MR) is 51.5 cm³/mol. The molecule has 0 bridgehead atoms. The molecule has 0 fully saturated rings. The minimum absolute atomic E-state index is 1.11. The van der Waals surface area contributed by atoms with Gasteiger partial charge in [0.2, 0.25) is 0 Å². The van der Waals surface area contributed by atoms with Crippen LogP contribution in [0.25, 0.3) is 0 Å². The van der Waals surface area contributed by atoms with Crippen LogP contribution in [-0.2, 0) is 0 Å². The van der Waals surface area contributed by atoms with Gasteiger partial charge in [0.25, 0.3) is 0 Å². The maximum absolute atomic E-state index is 3.21. The monoisotopic (exact) mass is 153 g/mol. The van der Waals surface area contributed by atoms with Crippen LogP contribution in [0.5, 0.6) is 0 Å². The summed E-state index contributed by atoms with van der Waals surface area (Å²) < 4.78 is 0. The summed E-state index contributed by atoms with van der Waals surface area (Å²) in [7, 11) is 1.97. The smallest absolute Gasteiger partial charge is 0.0352 e. The van der Waals surface area contributed by atoms with Gasteiger partial charge in [-0.25, -0.2) is 0 Å². The van der Waals surface area contributed by atoms with Gasteiger partial charge in [0.1, 0.15) is 0 Å². The first-order valence-electron chi connectivity index (χ1n) is 4.18. The summed E-state index contributed by atoms with van der Waals surface area (Å²) in [5, 5.41) is 3.21. The summed E-state index contributed by atoms with van der Waals surface area (Å²) in [6.45, 7) is 8.54. The second kappa shape index (κ2) is 5.00. The summed E-state index contributed by atoms with van der Waals surface area (Å²) in [6.07, 6.45) is 3.24. The lowest BCUT2D eigenvalue weighted by Gasteiger charge is -2.10. The van der Waals surface area contributed by atoms with Crippen molar-refractivity contribution in [1.82, 2.24) is 5.32 Å². The van der Waals surface area contributed by atoms with E-state index in [1.165, 1.54) is 16.8 Å². The minimum Gasteiger partial charge on any atom is -0.388 e. The van der Waals surface area contributed by atoms with Crippen molar-refractivity contribution in [2.75, 3.05) is 7.05 Å². The minimum atomic E-state index is 1.11. The average Bonchev–Trinajstić information content (AvgIpc) is 2.05. The largest absolute Gasteiger partial charge is 0.388 e. The number of allylic oxidation sites excluding steroid dienone is 3. The van der Waals surface area contributed by atoms with E-state index in [9.17, 15) is 0 Å². The Morgan fingerprint density at radius 3 is 2.18 bits per heavy atom. The quantitative estimate of drug-likeness (QED) is 0.615. The van der Waals surface area contributed by atoms with E-state index in [-0.39, 0.29) is 0 Å². The molecule has 0 spiro atoms. The lowest BCUT2D eigenvalue weighted by molar-refractivity contribution is 0.928. The van der Waals surface area contributed by atoms with Crippen molar-refractivity contribution in [2.24, 2.45) is 0 Å². The van der Waals surface area contributed by atoms with Gasteiger partial charge in [-0.15, -0.1) is 0 Å². The molecule has 0 aromatic carbocycles. The summed E-state index contributed by atoms with van der Waals surface area (Å²) in [5.41, 5.74) is 4.03. The Hall–Kier alpha value is -0.720. The molecule has 0 aliphatic carbocycles. The van der Waals surface area contributed by atoms with Gasteiger partial charge in [0.05, 0.1) is 0 Å². The van der Waals surface area contributed by atoms with E-state index in [0.717, 1.165) is 6.42 Å². The van der Waals surface area contributed by atoms with Gasteiger partial charge >= 0.3 is 0 Å². The van der Waals surface area contributed by atoms with E-state index in [0.29, 0.717) is 0 Å². The average molecular weight is 153 g/mol. The molecule has 0 radical (unpaired) electrons. The molecular formula is C10H19N. The zero-order valence-electron chi connectivity index (χ0n) is 8.28. The Kier molecular flexibility index (Phi) is 4.67. The van der Waals surface area contributed by atoms with E-state index in [2.05, 4.69) is 39.1 Å². The summed E-state index contributed by atoms with van der Waals surface area (Å²) >= 11 is 0. The van der Waals surface area contributed by atoms with Gasteiger partial charge in [0.15, 0.2) is 0 Å². The SMILES string of the molecule is C/C=C(C)\C(NC)=C(\C)CC. The lowest BCUT2D eigenvalue weighted by atomic mass is 10.1. The van der Waals surface area contributed by atoms with Crippen molar-refractivity contribution in [2.45, 2.75) is 34.1 Å². The second-order valence-electron chi connectivity index (χ2n) is 2.73. The van der Waals surface area contributed by atoms with Gasteiger partial charge < -0.3 is 5.32 Å². The van der Waals surface area contributed by atoms with Crippen LogP contribution in [0.15, 0.2) is 22.9 Å². The van der Waals surface area contributed by atoms with E-state index in [1.807, 2.05) is 7.05 Å². The molecule has 1 N–H and O–H groups in total. The molecule has 1 nitrogen and oxygen atoms in total. The van der Waals surface area contributed by atoms with E-state index in [4.69, 9.17) is 0 Å². The first-order chi connectivity index (χ1) is 5.17. The summed E-state index contributed by atoms with van der Waals surface area (Å²) in [5.74, 6) is 0. The van der Waals surface area contributed by atoms with Crippen LogP contribution < -0.4 is 5.32 Å². The molecule has 0 rings (SSSR count). The van der Waals surface area contributed by atoms with Crippen LogP contribution in [0.4, 0.5) is 0 Å². The first-order valence-corrected chi connectivity index (χ1v) is 4.18. The fourth-order valence-electron chi connectivity index (χ4n) is 1.07. The molecule has 0 aromatic heterocycles. The molecule has 1 heteroatoms. The molecular weight excluding hydrogens is 134 g/mol. The predicted octanol–water partition coefficient (Wildman–Crippen LogP) is 2.86.